The van der Waals surface area contributed by atoms with Gasteiger partial charge in [0.25, 0.3) is 5.91 Å². The van der Waals surface area contributed by atoms with Gasteiger partial charge >= 0.3 is 0 Å². The number of aryl methyl sites for hydroxylation is 1. The molecule has 3 heterocycles. The van der Waals surface area contributed by atoms with E-state index >= 15 is 0 Å². The molecule has 2 N–H and O–H groups in total. The SMILES string of the molecule is CCc1nc(C2CN(C(=O)c3cnc(C(C)C)[nH]3)CCO2)n[nH]1. The summed E-state index contributed by atoms with van der Waals surface area (Å²) in [6.45, 7) is 7.54. The zero-order chi connectivity index (χ0) is 16.4. The zero-order valence-corrected chi connectivity index (χ0v) is 13.7. The van der Waals surface area contributed by atoms with Crippen molar-refractivity contribution in [2.45, 2.75) is 39.2 Å². The van der Waals surface area contributed by atoms with Gasteiger partial charge in [0.1, 0.15) is 23.4 Å². The number of nitrogens with one attached hydrogen (secondary N) is 2. The molecule has 8 nitrogen and oxygen atoms in total. The molecule has 0 bridgehead atoms. The number of amides is 1. The molecular formula is C15H22N6O2. The van der Waals surface area contributed by atoms with E-state index in [-0.39, 0.29) is 17.9 Å². The van der Waals surface area contributed by atoms with Crippen molar-refractivity contribution in [1.82, 2.24) is 30.0 Å². The Morgan fingerprint density at radius 2 is 2.35 bits per heavy atom. The number of carbonyl (C=O) groups excluding carboxylic acids is 1. The topological polar surface area (TPSA) is 99.8 Å². The minimum atomic E-state index is -0.295. The van der Waals surface area contributed by atoms with Gasteiger partial charge in [-0.05, 0) is 0 Å². The Balaban J connectivity index is 1.70. The summed E-state index contributed by atoms with van der Waals surface area (Å²) in [7, 11) is 0. The highest BCUT2D eigenvalue weighted by Crippen LogP contribution is 2.21. The molecule has 1 fully saturated rings. The van der Waals surface area contributed by atoms with Gasteiger partial charge in [-0.2, -0.15) is 5.10 Å². The molecule has 1 saturated heterocycles. The van der Waals surface area contributed by atoms with Crippen LogP contribution in [0.1, 0.15) is 60.8 Å². The van der Waals surface area contributed by atoms with Crippen molar-refractivity contribution in [1.29, 1.82) is 0 Å². The van der Waals surface area contributed by atoms with Gasteiger partial charge in [0, 0.05) is 18.9 Å². The maximum atomic E-state index is 12.6. The van der Waals surface area contributed by atoms with E-state index in [4.69, 9.17) is 4.74 Å². The fourth-order valence-electron chi connectivity index (χ4n) is 2.51. The van der Waals surface area contributed by atoms with Gasteiger partial charge in [-0.1, -0.05) is 20.8 Å². The first-order valence-electron chi connectivity index (χ1n) is 7.95. The Bertz CT molecular complexity index is 677. The van der Waals surface area contributed by atoms with E-state index in [1.165, 1.54) is 0 Å². The van der Waals surface area contributed by atoms with E-state index in [1.54, 1.807) is 11.1 Å². The Kier molecular flexibility index (Phi) is 4.42. The van der Waals surface area contributed by atoms with Crippen molar-refractivity contribution in [2.24, 2.45) is 0 Å². The molecule has 0 spiro atoms. The van der Waals surface area contributed by atoms with Crippen LogP contribution in [0.25, 0.3) is 0 Å². The standard InChI is InChI=1S/C15H22N6O2/c1-4-12-18-14(20-19-12)11-8-21(5-6-23-11)15(22)10-7-16-13(17-10)9(2)3/h7,9,11H,4-6,8H2,1-3H3,(H,16,17)(H,18,19,20). The minimum Gasteiger partial charge on any atom is -0.366 e. The summed E-state index contributed by atoms with van der Waals surface area (Å²) in [6.07, 6.45) is 2.09. The van der Waals surface area contributed by atoms with Crippen molar-refractivity contribution < 1.29 is 9.53 Å². The number of ether oxygens (including phenoxy) is 1. The average Bonchev–Trinajstić information content (AvgIpc) is 3.23. The van der Waals surface area contributed by atoms with Crippen molar-refractivity contribution in [3.8, 4) is 0 Å². The molecule has 1 aliphatic heterocycles. The molecule has 2 aromatic rings. The third kappa shape index (κ3) is 3.26. The van der Waals surface area contributed by atoms with Crippen molar-refractivity contribution in [2.75, 3.05) is 19.7 Å². The third-order valence-electron chi connectivity index (χ3n) is 3.90. The maximum Gasteiger partial charge on any atom is 0.272 e. The van der Waals surface area contributed by atoms with Gasteiger partial charge in [0.2, 0.25) is 0 Å². The van der Waals surface area contributed by atoms with E-state index in [9.17, 15) is 4.79 Å². The second-order valence-corrected chi connectivity index (χ2v) is 5.94. The number of aromatic nitrogens is 5. The lowest BCUT2D eigenvalue weighted by Crippen LogP contribution is -2.42. The maximum absolute atomic E-state index is 12.6. The summed E-state index contributed by atoms with van der Waals surface area (Å²) < 4.78 is 5.72. The van der Waals surface area contributed by atoms with Crippen molar-refractivity contribution in [3.05, 3.63) is 29.4 Å². The molecule has 1 amide bonds. The highest BCUT2D eigenvalue weighted by molar-refractivity contribution is 5.92. The summed E-state index contributed by atoms with van der Waals surface area (Å²) >= 11 is 0. The second kappa shape index (κ2) is 6.49. The smallest absolute Gasteiger partial charge is 0.272 e. The van der Waals surface area contributed by atoms with Crippen LogP contribution in [0.4, 0.5) is 0 Å². The van der Waals surface area contributed by atoms with E-state index in [0.717, 1.165) is 18.1 Å². The van der Waals surface area contributed by atoms with E-state index in [0.29, 0.717) is 31.2 Å². The number of carbonyl (C=O) groups is 1. The van der Waals surface area contributed by atoms with E-state index in [2.05, 4.69) is 25.1 Å². The quantitative estimate of drug-likeness (QED) is 0.888. The Labute approximate surface area is 134 Å². The number of aromatic amines is 2. The fraction of sp³-hybridized carbons (Fsp3) is 0.600. The number of H-pyrrole nitrogens is 2. The average molecular weight is 318 g/mol. The largest absolute Gasteiger partial charge is 0.366 e. The van der Waals surface area contributed by atoms with Crippen LogP contribution in [-0.2, 0) is 11.2 Å². The number of morpholine rings is 1. The summed E-state index contributed by atoms with van der Waals surface area (Å²) in [5, 5.41) is 7.07. The number of hydrogen-bond donors (Lipinski definition) is 2. The monoisotopic (exact) mass is 318 g/mol. The number of hydrogen-bond acceptors (Lipinski definition) is 5. The molecular weight excluding hydrogens is 296 g/mol. The highest BCUT2D eigenvalue weighted by Gasteiger charge is 2.29. The lowest BCUT2D eigenvalue weighted by molar-refractivity contribution is -0.0268. The molecule has 3 rings (SSSR count). The molecule has 124 valence electrons. The molecule has 1 unspecified atom stereocenters. The van der Waals surface area contributed by atoms with Crippen LogP contribution in [0, 0.1) is 0 Å². The lowest BCUT2D eigenvalue weighted by atomic mass is 10.2. The first-order valence-corrected chi connectivity index (χ1v) is 7.95. The van der Waals surface area contributed by atoms with Crippen LogP contribution in [0.2, 0.25) is 0 Å². The van der Waals surface area contributed by atoms with Crippen LogP contribution in [0.5, 0.6) is 0 Å². The van der Waals surface area contributed by atoms with Crippen LogP contribution in [0.15, 0.2) is 6.20 Å². The minimum absolute atomic E-state index is 0.0658. The van der Waals surface area contributed by atoms with Gasteiger partial charge in [0.05, 0.1) is 19.3 Å². The van der Waals surface area contributed by atoms with Crippen LogP contribution >= 0.6 is 0 Å². The van der Waals surface area contributed by atoms with Gasteiger partial charge in [-0.15, -0.1) is 0 Å². The molecule has 2 aromatic heterocycles. The molecule has 8 heteroatoms. The van der Waals surface area contributed by atoms with E-state index in [1.807, 2.05) is 20.8 Å². The molecule has 0 saturated carbocycles. The first kappa shape index (κ1) is 15.7. The summed E-state index contributed by atoms with van der Waals surface area (Å²) in [5.74, 6) is 2.44. The molecule has 1 atom stereocenters. The predicted octanol–water partition coefficient (Wildman–Crippen LogP) is 1.43. The van der Waals surface area contributed by atoms with Gasteiger partial charge in [-0.25, -0.2) is 9.97 Å². The van der Waals surface area contributed by atoms with Crippen LogP contribution in [-0.4, -0.2) is 55.7 Å². The first-order chi connectivity index (χ1) is 11.1. The molecule has 1 aliphatic rings. The normalized spacial score (nSPS) is 18.6. The summed E-state index contributed by atoms with van der Waals surface area (Å²) in [4.78, 5) is 26.1. The number of rotatable bonds is 4. The summed E-state index contributed by atoms with van der Waals surface area (Å²) in [5.41, 5.74) is 0.513. The molecule has 23 heavy (non-hydrogen) atoms. The zero-order valence-electron chi connectivity index (χ0n) is 13.7. The Morgan fingerprint density at radius 1 is 1.52 bits per heavy atom. The lowest BCUT2D eigenvalue weighted by Gasteiger charge is -2.31. The molecule has 0 aromatic carbocycles. The number of nitrogens with zero attached hydrogens (tertiary/aromatic N) is 4. The van der Waals surface area contributed by atoms with Crippen molar-refractivity contribution >= 4 is 5.91 Å². The van der Waals surface area contributed by atoms with Crippen LogP contribution in [0.3, 0.4) is 0 Å². The van der Waals surface area contributed by atoms with Crippen molar-refractivity contribution in [3.63, 3.8) is 0 Å². The summed E-state index contributed by atoms with van der Waals surface area (Å²) in [6, 6.07) is 0. The second-order valence-electron chi connectivity index (χ2n) is 5.94. The van der Waals surface area contributed by atoms with Crippen LogP contribution < -0.4 is 0 Å². The molecule has 0 aliphatic carbocycles. The fourth-order valence-corrected chi connectivity index (χ4v) is 2.51. The Morgan fingerprint density at radius 3 is 3.00 bits per heavy atom. The van der Waals surface area contributed by atoms with Gasteiger partial charge in [-0.3, -0.25) is 9.89 Å². The van der Waals surface area contributed by atoms with Gasteiger partial charge in [0.15, 0.2) is 5.82 Å². The van der Waals surface area contributed by atoms with E-state index < -0.39 is 0 Å². The highest BCUT2D eigenvalue weighted by atomic mass is 16.5. The molecule has 0 radical (unpaired) electrons. The Hall–Kier alpha value is -2.22. The third-order valence-corrected chi connectivity index (χ3v) is 3.90. The predicted molar refractivity (Wildman–Crippen MR) is 83.0 cm³/mol. The van der Waals surface area contributed by atoms with Gasteiger partial charge < -0.3 is 14.6 Å². The number of imidazole rings is 1.